The van der Waals surface area contributed by atoms with Crippen LogP contribution in [-0.2, 0) is 23.1 Å². The van der Waals surface area contributed by atoms with Crippen molar-refractivity contribution < 1.29 is 17.9 Å². The number of nitrogens with one attached hydrogen (secondary N) is 1. The highest BCUT2D eigenvalue weighted by molar-refractivity contribution is 7.89. The normalized spacial score (nSPS) is 11.3. The molecule has 4 rings (SSSR count). The van der Waals surface area contributed by atoms with E-state index in [2.05, 4.69) is 5.32 Å². The zero-order valence-electron chi connectivity index (χ0n) is 19.3. The average molecular weight is 487 g/mol. The van der Waals surface area contributed by atoms with Gasteiger partial charge in [-0.1, -0.05) is 78.9 Å². The molecular formula is C28H26N2O4S. The van der Waals surface area contributed by atoms with Crippen LogP contribution in [0.15, 0.2) is 114 Å². The topological polar surface area (TPSA) is 75.7 Å². The van der Waals surface area contributed by atoms with Gasteiger partial charge in [-0.05, 0) is 41.5 Å². The fourth-order valence-electron chi connectivity index (χ4n) is 3.68. The lowest BCUT2D eigenvalue weighted by atomic mass is 10.2. The molecule has 6 nitrogen and oxygen atoms in total. The van der Waals surface area contributed by atoms with Gasteiger partial charge in [-0.3, -0.25) is 4.79 Å². The maximum atomic E-state index is 13.8. The molecule has 0 saturated heterocycles. The lowest BCUT2D eigenvalue weighted by molar-refractivity contribution is 0.102. The average Bonchev–Trinajstić information content (AvgIpc) is 2.90. The number of hydrogen-bond acceptors (Lipinski definition) is 4. The second-order valence-electron chi connectivity index (χ2n) is 7.93. The van der Waals surface area contributed by atoms with Crippen LogP contribution >= 0.6 is 0 Å². The van der Waals surface area contributed by atoms with E-state index in [0.29, 0.717) is 11.3 Å². The van der Waals surface area contributed by atoms with E-state index in [9.17, 15) is 13.2 Å². The van der Waals surface area contributed by atoms with E-state index in [1.54, 1.807) is 30.3 Å². The van der Waals surface area contributed by atoms with Crippen LogP contribution in [0.25, 0.3) is 0 Å². The van der Waals surface area contributed by atoms with Gasteiger partial charge in [0.25, 0.3) is 5.91 Å². The summed E-state index contributed by atoms with van der Waals surface area (Å²) in [6.07, 6.45) is 0. The van der Waals surface area contributed by atoms with Crippen molar-refractivity contribution in [1.82, 2.24) is 4.31 Å². The molecule has 0 heterocycles. The summed E-state index contributed by atoms with van der Waals surface area (Å²) in [4.78, 5) is 12.8. The summed E-state index contributed by atoms with van der Waals surface area (Å²) in [7, 11) is -2.45. The number of hydrogen-bond donors (Lipinski definition) is 1. The Morgan fingerprint density at radius 2 is 1.29 bits per heavy atom. The molecule has 0 bridgehead atoms. The molecule has 7 heteroatoms. The molecule has 0 radical (unpaired) electrons. The fourth-order valence-corrected chi connectivity index (χ4v) is 5.12. The third-order valence-electron chi connectivity index (χ3n) is 5.50. The summed E-state index contributed by atoms with van der Waals surface area (Å²) < 4.78 is 34.5. The predicted molar refractivity (Wildman–Crippen MR) is 137 cm³/mol. The number of carbonyl (C=O) groups is 1. The van der Waals surface area contributed by atoms with Gasteiger partial charge in [-0.2, -0.15) is 4.31 Å². The Morgan fingerprint density at radius 3 is 1.80 bits per heavy atom. The lowest BCUT2D eigenvalue weighted by Gasteiger charge is -2.23. The number of anilines is 1. The van der Waals surface area contributed by atoms with E-state index in [4.69, 9.17) is 4.74 Å². The minimum atomic E-state index is -3.92. The molecule has 0 aliphatic rings. The summed E-state index contributed by atoms with van der Waals surface area (Å²) >= 11 is 0. The molecule has 178 valence electrons. The largest absolute Gasteiger partial charge is 0.495 e. The van der Waals surface area contributed by atoms with E-state index in [1.807, 2.05) is 66.7 Å². The van der Waals surface area contributed by atoms with Crippen molar-refractivity contribution in [3.8, 4) is 5.75 Å². The predicted octanol–water partition coefficient (Wildman–Crippen LogP) is 5.34. The Kier molecular flexibility index (Phi) is 7.60. The Balaban J connectivity index is 1.69. The van der Waals surface area contributed by atoms with Gasteiger partial charge in [-0.15, -0.1) is 0 Å². The molecule has 0 aliphatic carbocycles. The molecule has 4 aromatic carbocycles. The number of amides is 1. The number of methoxy groups -OCH3 is 1. The van der Waals surface area contributed by atoms with E-state index < -0.39 is 10.0 Å². The molecule has 0 aromatic heterocycles. The first-order valence-electron chi connectivity index (χ1n) is 11.1. The van der Waals surface area contributed by atoms with Crippen LogP contribution in [-0.4, -0.2) is 25.7 Å². The highest BCUT2D eigenvalue weighted by Gasteiger charge is 2.26. The number of ether oxygens (including phenoxy) is 1. The van der Waals surface area contributed by atoms with Crippen molar-refractivity contribution in [1.29, 1.82) is 0 Å². The zero-order valence-corrected chi connectivity index (χ0v) is 20.1. The molecule has 0 saturated carbocycles. The molecule has 0 unspecified atom stereocenters. The summed E-state index contributed by atoms with van der Waals surface area (Å²) in [6.45, 7) is 0.408. The lowest BCUT2D eigenvalue weighted by Crippen LogP contribution is -2.30. The third-order valence-corrected chi connectivity index (χ3v) is 7.28. The third kappa shape index (κ3) is 5.95. The quantitative estimate of drug-likeness (QED) is 0.347. The van der Waals surface area contributed by atoms with Gasteiger partial charge in [-0.25, -0.2) is 8.42 Å². The van der Waals surface area contributed by atoms with Crippen LogP contribution in [0.4, 0.5) is 5.69 Å². The summed E-state index contributed by atoms with van der Waals surface area (Å²) in [6, 6.07) is 32.1. The molecule has 0 fully saturated rings. The van der Waals surface area contributed by atoms with E-state index in [0.717, 1.165) is 11.1 Å². The molecule has 4 aromatic rings. The van der Waals surface area contributed by atoms with Gasteiger partial charge in [0.2, 0.25) is 10.0 Å². The van der Waals surface area contributed by atoms with E-state index in [-0.39, 0.29) is 29.6 Å². The summed E-state index contributed by atoms with van der Waals surface area (Å²) in [5, 5.41) is 2.78. The molecular weight excluding hydrogens is 460 g/mol. The highest BCUT2D eigenvalue weighted by Crippen LogP contribution is 2.30. The Labute approximate surface area is 205 Å². The molecule has 1 N–H and O–H groups in total. The molecule has 1 amide bonds. The Bertz CT molecular complexity index is 1340. The van der Waals surface area contributed by atoms with Crippen LogP contribution < -0.4 is 10.1 Å². The maximum Gasteiger partial charge on any atom is 0.255 e. The first-order chi connectivity index (χ1) is 17.0. The van der Waals surface area contributed by atoms with Crippen LogP contribution in [0, 0.1) is 0 Å². The SMILES string of the molecule is COc1ccc(S(=O)(=O)N(Cc2ccccc2)Cc2ccccc2)cc1NC(=O)c1ccccc1. The van der Waals surface area contributed by atoms with Crippen molar-refractivity contribution in [3.05, 3.63) is 126 Å². The fraction of sp³-hybridized carbons (Fsp3) is 0.107. The Hall–Kier alpha value is -3.94. The second kappa shape index (κ2) is 11.0. The standard InChI is InChI=1S/C28H26N2O4S/c1-34-27-18-17-25(19-26(27)29-28(31)24-15-9-4-10-16-24)35(32,33)30(20-22-11-5-2-6-12-22)21-23-13-7-3-8-14-23/h2-19H,20-21H2,1H3,(H,29,31). The van der Waals surface area contributed by atoms with Crippen molar-refractivity contribution in [2.75, 3.05) is 12.4 Å². The smallest absolute Gasteiger partial charge is 0.255 e. The number of nitrogens with zero attached hydrogens (tertiary/aromatic N) is 1. The van der Waals surface area contributed by atoms with Crippen LogP contribution in [0.1, 0.15) is 21.5 Å². The van der Waals surface area contributed by atoms with E-state index >= 15 is 0 Å². The second-order valence-corrected chi connectivity index (χ2v) is 9.86. The molecule has 0 atom stereocenters. The first-order valence-corrected chi connectivity index (χ1v) is 12.5. The number of sulfonamides is 1. The van der Waals surface area contributed by atoms with Crippen LogP contribution in [0.5, 0.6) is 5.75 Å². The summed E-state index contributed by atoms with van der Waals surface area (Å²) in [5.41, 5.74) is 2.48. The van der Waals surface area contributed by atoms with Crippen molar-refractivity contribution >= 4 is 21.6 Å². The molecule has 0 aliphatic heterocycles. The van der Waals surface area contributed by atoms with Crippen molar-refractivity contribution in [3.63, 3.8) is 0 Å². The highest BCUT2D eigenvalue weighted by atomic mass is 32.2. The minimum absolute atomic E-state index is 0.0634. The molecule has 35 heavy (non-hydrogen) atoms. The monoisotopic (exact) mass is 486 g/mol. The van der Waals surface area contributed by atoms with Gasteiger partial charge in [0.15, 0.2) is 0 Å². The Morgan fingerprint density at radius 1 is 0.771 bits per heavy atom. The molecule has 0 spiro atoms. The van der Waals surface area contributed by atoms with Gasteiger partial charge in [0.05, 0.1) is 17.7 Å². The maximum absolute atomic E-state index is 13.8. The van der Waals surface area contributed by atoms with Crippen molar-refractivity contribution in [2.24, 2.45) is 0 Å². The number of benzene rings is 4. The zero-order chi connectivity index (χ0) is 24.7. The first kappa shape index (κ1) is 24.2. The number of rotatable bonds is 9. The van der Waals surface area contributed by atoms with Crippen molar-refractivity contribution in [2.45, 2.75) is 18.0 Å². The minimum Gasteiger partial charge on any atom is -0.495 e. The van der Waals surface area contributed by atoms with Gasteiger partial charge in [0.1, 0.15) is 5.75 Å². The van der Waals surface area contributed by atoms with Gasteiger partial charge in [0, 0.05) is 18.7 Å². The summed E-state index contributed by atoms with van der Waals surface area (Å²) in [5.74, 6) is 0.00905. The van der Waals surface area contributed by atoms with Crippen LogP contribution in [0.3, 0.4) is 0 Å². The van der Waals surface area contributed by atoms with Crippen LogP contribution in [0.2, 0.25) is 0 Å². The van der Waals surface area contributed by atoms with Gasteiger partial charge >= 0.3 is 0 Å². The van der Waals surface area contributed by atoms with E-state index in [1.165, 1.54) is 23.5 Å². The number of carbonyl (C=O) groups excluding carboxylic acids is 1. The van der Waals surface area contributed by atoms with Gasteiger partial charge < -0.3 is 10.1 Å².